The Balaban J connectivity index is 0.00000216. The highest BCUT2D eigenvalue weighted by Gasteiger charge is 2.43. The molecule has 0 radical (unpaired) electrons. The molecule has 4 aromatic carbocycles. The molecule has 0 saturated heterocycles. The molecule has 1 aliphatic heterocycles. The van der Waals surface area contributed by atoms with Crippen molar-refractivity contribution < 1.29 is 5.32 Å². The molecule has 44 heavy (non-hydrogen) atoms. The van der Waals surface area contributed by atoms with E-state index in [-0.39, 0.29) is 10.8 Å². The highest BCUT2D eigenvalue weighted by molar-refractivity contribution is 6.30. The third kappa shape index (κ3) is 7.04. The number of hydrogen-bond acceptors (Lipinski definition) is 1. The van der Waals surface area contributed by atoms with Gasteiger partial charge in [-0.05, 0) is 89.9 Å². The quantitative estimate of drug-likeness (QED) is 0.141. The van der Waals surface area contributed by atoms with Crippen molar-refractivity contribution in [2.45, 2.75) is 71.6 Å². The van der Waals surface area contributed by atoms with Gasteiger partial charge in [0.25, 0.3) is 0 Å². The summed E-state index contributed by atoms with van der Waals surface area (Å²) in [4.78, 5) is 2.50. The first-order valence-corrected chi connectivity index (χ1v) is 16.6. The molecule has 0 bridgehead atoms. The average Bonchev–Trinajstić information content (AvgIpc) is 3.25. The van der Waals surface area contributed by atoms with Gasteiger partial charge in [0, 0.05) is 33.9 Å². The molecule has 0 saturated carbocycles. The van der Waals surface area contributed by atoms with E-state index in [9.17, 15) is 0 Å². The van der Waals surface area contributed by atoms with Crippen LogP contribution in [0.3, 0.4) is 0 Å². The predicted octanol–water partition coefficient (Wildman–Crippen LogP) is 10.4. The number of fused-ring (bicyclic) bond motifs is 2. The van der Waals surface area contributed by atoms with Crippen LogP contribution in [-0.4, -0.2) is 13.6 Å². The van der Waals surface area contributed by atoms with Gasteiger partial charge in [0.1, 0.15) is 5.69 Å². The maximum absolute atomic E-state index is 6.56. The second-order valence-corrected chi connectivity index (χ2v) is 12.7. The number of halogens is 1. The Hall–Kier alpha value is -3.59. The van der Waals surface area contributed by atoms with Crippen molar-refractivity contribution in [3.8, 4) is 0 Å². The fourth-order valence-corrected chi connectivity index (χ4v) is 6.89. The van der Waals surface area contributed by atoms with Gasteiger partial charge in [0.15, 0.2) is 0 Å². The summed E-state index contributed by atoms with van der Waals surface area (Å²) in [5.74, 6) is 0. The molecule has 1 heterocycles. The highest BCUT2D eigenvalue weighted by atomic mass is 35.5. The van der Waals surface area contributed by atoms with E-state index >= 15 is 0 Å². The summed E-state index contributed by atoms with van der Waals surface area (Å²) in [5, 5.41) is 5.68. The lowest BCUT2D eigenvalue weighted by Crippen LogP contribution is -2.73. The summed E-state index contributed by atoms with van der Waals surface area (Å²) in [6.07, 6.45) is 14.2. The van der Waals surface area contributed by atoms with E-state index < -0.39 is 0 Å². The zero-order chi connectivity index (χ0) is 31.7. The van der Waals surface area contributed by atoms with Gasteiger partial charge >= 0.3 is 0 Å². The van der Waals surface area contributed by atoms with Crippen molar-refractivity contribution in [2.75, 3.05) is 18.5 Å². The van der Waals surface area contributed by atoms with Crippen LogP contribution in [0.25, 0.3) is 10.8 Å². The van der Waals surface area contributed by atoms with Gasteiger partial charge in [-0.1, -0.05) is 125 Å². The van der Waals surface area contributed by atoms with Gasteiger partial charge in [0.05, 0.1) is 7.05 Å². The monoisotopic (exact) mass is 605 g/mol. The highest BCUT2D eigenvalue weighted by Crippen LogP contribution is 2.50. The van der Waals surface area contributed by atoms with Crippen molar-refractivity contribution in [1.82, 2.24) is 0 Å². The van der Waals surface area contributed by atoms with E-state index in [1.807, 2.05) is 19.9 Å². The predicted molar refractivity (Wildman–Crippen MR) is 193 cm³/mol. The van der Waals surface area contributed by atoms with Gasteiger partial charge in [-0.15, -0.1) is 0 Å². The number of anilines is 1. The number of quaternary nitrogens is 1. The normalized spacial score (nSPS) is 17.5. The van der Waals surface area contributed by atoms with Crippen molar-refractivity contribution >= 4 is 33.7 Å². The van der Waals surface area contributed by atoms with Gasteiger partial charge in [0.2, 0.25) is 0 Å². The van der Waals surface area contributed by atoms with Crippen LogP contribution in [0.1, 0.15) is 71.1 Å². The lowest BCUT2D eigenvalue weighted by molar-refractivity contribution is -0.540. The fourth-order valence-electron chi connectivity index (χ4n) is 6.72. The molecule has 0 spiro atoms. The van der Waals surface area contributed by atoms with Crippen LogP contribution in [0, 0.1) is 0 Å². The third-order valence-electron chi connectivity index (χ3n) is 8.74. The lowest BCUT2D eigenvalue weighted by atomic mass is 9.76. The topological polar surface area (TPSA) is 19.9 Å². The number of nitrogens with zero attached hydrogens (tertiary/aromatic N) is 1. The Morgan fingerprint density at radius 2 is 1.61 bits per heavy atom. The SMILES string of the molecule is CC.CCCN1/C(=C/C=C/C=C/CC(C)(C)c2c([NH2+]C)ccc3ccccc23)C(C)(Cc2ccccc2)c2cc(Cl)ccc21. The van der Waals surface area contributed by atoms with E-state index in [4.69, 9.17) is 11.6 Å². The summed E-state index contributed by atoms with van der Waals surface area (Å²) >= 11 is 6.56. The fraction of sp³-hybridized carbons (Fsp3) is 0.317. The van der Waals surface area contributed by atoms with Crippen LogP contribution in [0.15, 0.2) is 121 Å². The Morgan fingerprint density at radius 1 is 0.886 bits per heavy atom. The standard InChI is InChI=1S/C39H43ClN2.C2H6/c1-6-26-42-35-24-22-31(40)27-33(35)39(4,28-29-16-10-9-11-17-29)36(42)20-12-7-8-15-25-38(2,3)37-32-19-14-13-18-30(32)21-23-34(37)41-5;1-2/h7-24,27,41H,6,25-26,28H2,1-5H3;1-2H3/p+1/b12-7+,15-8+,36-20+;. The minimum atomic E-state index is -0.172. The number of hydrogen-bond donors (Lipinski definition) is 1. The van der Waals surface area contributed by atoms with Gasteiger partial charge in [-0.25, -0.2) is 0 Å². The molecule has 5 rings (SSSR count). The molecule has 4 aromatic rings. The van der Waals surface area contributed by atoms with E-state index in [1.54, 1.807) is 0 Å². The smallest absolute Gasteiger partial charge is 0.133 e. The van der Waals surface area contributed by atoms with Crippen molar-refractivity contribution in [3.05, 3.63) is 143 Å². The number of nitrogens with two attached hydrogens (primary N) is 1. The number of benzene rings is 4. The third-order valence-corrected chi connectivity index (χ3v) is 8.97. The summed E-state index contributed by atoms with van der Waals surface area (Å²) in [6.45, 7) is 14.3. The zero-order valence-electron chi connectivity index (χ0n) is 27.7. The van der Waals surface area contributed by atoms with Crippen LogP contribution in [0.4, 0.5) is 11.4 Å². The van der Waals surface area contributed by atoms with Crippen molar-refractivity contribution in [3.63, 3.8) is 0 Å². The molecule has 2 nitrogen and oxygen atoms in total. The van der Waals surface area contributed by atoms with Crippen LogP contribution in [0.5, 0.6) is 0 Å². The van der Waals surface area contributed by atoms with E-state index in [1.165, 1.54) is 44.5 Å². The average molecular weight is 606 g/mol. The second kappa shape index (κ2) is 14.9. The zero-order valence-corrected chi connectivity index (χ0v) is 28.5. The molecule has 3 heteroatoms. The molecule has 230 valence electrons. The molecule has 1 atom stereocenters. The van der Waals surface area contributed by atoms with Crippen molar-refractivity contribution in [2.24, 2.45) is 0 Å². The van der Waals surface area contributed by atoms with Crippen LogP contribution in [0.2, 0.25) is 5.02 Å². The number of rotatable bonds is 10. The molecule has 0 fully saturated rings. The Bertz CT molecular complexity index is 1630. The molecule has 1 aliphatic rings. The molecule has 0 amide bonds. The molecule has 0 aromatic heterocycles. The summed E-state index contributed by atoms with van der Waals surface area (Å²) in [6, 6.07) is 30.4. The Kier molecular flexibility index (Phi) is 11.3. The van der Waals surface area contributed by atoms with Gasteiger partial charge in [-0.2, -0.15) is 0 Å². The second-order valence-electron chi connectivity index (χ2n) is 12.3. The first-order chi connectivity index (χ1) is 21.3. The number of allylic oxidation sites excluding steroid dienone is 6. The molecular formula is C41H50ClN2+. The Morgan fingerprint density at radius 3 is 2.34 bits per heavy atom. The van der Waals surface area contributed by atoms with E-state index in [0.717, 1.165) is 30.8 Å². The molecular weight excluding hydrogens is 556 g/mol. The summed E-state index contributed by atoms with van der Waals surface area (Å²) in [5.41, 5.74) is 7.82. The summed E-state index contributed by atoms with van der Waals surface area (Å²) < 4.78 is 0. The molecule has 0 aliphatic carbocycles. The minimum Gasteiger partial charge on any atom is -0.344 e. The largest absolute Gasteiger partial charge is 0.344 e. The van der Waals surface area contributed by atoms with Crippen LogP contribution in [-0.2, 0) is 17.3 Å². The first kappa shape index (κ1) is 33.3. The maximum atomic E-state index is 6.56. The van der Waals surface area contributed by atoms with E-state index in [0.29, 0.717) is 0 Å². The molecule has 2 N–H and O–H groups in total. The summed E-state index contributed by atoms with van der Waals surface area (Å²) in [7, 11) is 2.14. The van der Waals surface area contributed by atoms with Gasteiger partial charge < -0.3 is 10.2 Å². The van der Waals surface area contributed by atoms with Gasteiger partial charge in [-0.3, -0.25) is 0 Å². The van der Waals surface area contributed by atoms with Crippen LogP contribution >= 0.6 is 11.6 Å². The lowest BCUT2D eigenvalue weighted by Gasteiger charge is -2.30. The van der Waals surface area contributed by atoms with E-state index in [2.05, 4.69) is 154 Å². The molecule has 1 unspecified atom stereocenters. The first-order valence-electron chi connectivity index (χ1n) is 16.3. The Labute approximate surface area is 271 Å². The van der Waals surface area contributed by atoms with Crippen molar-refractivity contribution in [1.29, 1.82) is 0 Å². The van der Waals surface area contributed by atoms with Crippen LogP contribution < -0.4 is 10.2 Å². The minimum absolute atomic E-state index is 0.00402. The maximum Gasteiger partial charge on any atom is 0.133 e.